The van der Waals surface area contributed by atoms with Gasteiger partial charge in [0.1, 0.15) is 5.75 Å². The molecule has 2 nitrogen and oxygen atoms in total. The van der Waals surface area contributed by atoms with Crippen LogP contribution in [0.5, 0.6) is 5.75 Å². The predicted molar refractivity (Wildman–Crippen MR) is 53.6 cm³/mol. The first kappa shape index (κ1) is 8.80. The van der Waals surface area contributed by atoms with Gasteiger partial charge >= 0.3 is 0 Å². The third-order valence-corrected chi connectivity index (χ3v) is 2.03. The van der Waals surface area contributed by atoms with Crippen molar-refractivity contribution in [3.8, 4) is 5.75 Å². The molecule has 0 fully saturated rings. The van der Waals surface area contributed by atoms with Crippen molar-refractivity contribution in [2.45, 2.75) is 6.54 Å². The van der Waals surface area contributed by atoms with Gasteiger partial charge in [-0.05, 0) is 46.4 Å². The number of rotatable bonds is 2. The van der Waals surface area contributed by atoms with Crippen LogP contribution in [0, 0.1) is 3.57 Å². The van der Waals surface area contributed by atoms with Crippen molar-refractivity contribution in [1.82, 2.24) is 0 Å². The van der Waals surface area contributed by atoms with Crippen LogP contribution in [0.2, 0.25) is 0 Å². The highest BCUT2D eigenvalue weighted by atomic mass is 127. The average Bonchev–Trinajstić information content (AvgIpc) is 2.03. The van der Waals surface area contributed by atoms with E-state index in [0.717, 1.165) is 14.9 Å². The summed E-state index contributed by atoms with van der Waals surface area (Å²) in [5, 5.41) is 0. The summed E-state index contributed by atoms with van der Waals surface area (Å²) in [4.78, 5) is 0. The predicted octanol–water partition coefficient (Wildman–Crippen LogP) is 1.76. The molecule has 0 aliphatic rings. The SMILES string of the molecule is COc1cc(I)cc(CN)c1. The molecule has 1 aromatic carbocycles. The molecule has 0 saturated heterocycles. The highest BCUT2D eigenvalue weighted by molar-refractivity contribution is 14.1. The maximum absolute atomic E-state index is 5.48. The van der Waals surface area contributed by atoms with Crippen molar-refractivity contribution in [2.75, 3.05) is 7.11 Å². The van der Waals surface area contributed by atoms with Crippen molar-refractivity contribution >= 4 is 22.6 Å². The molecule has 0 aromatic heterocycles. The van der Waals surface area contributed by atoms with Gasteiger partial charge in [-0.15, -0.1) is 0 Å². The van der Waals surface area contributed by atoms with Gasteiger partial charge < -0.3 is 10.5 Å². The number of benzene rings is 1. The summed E-state index contributed by atoms with van der Waals surface area (Å²) in [5.41, 5.74) is 6.59. The van der Waals surface area contributed by atoms with Gasteiger partial charge in [0.15, 0.2) is 0 Å². The van der Waals surface area contributed by atoms with Crippen LogP contribution >= 0.6 is 22.6 Å². The maximum atomic E-state index is 5.48. The number of ether oxygens (including phenoxy) is 1. The molecule has 2 N–H and O–H groups in total. The molecule has 0 radical (unpaired) electrons. The molecule has 0 saturated carbocycles. The fourth-order valence-electron chi connectivity index (χ4n) is 0.856. The number of halogens is 1. The minimum atomic E-state index is 0.563. The van der Waals surface area contributed by atoms with E-state index in [4.69, 9.17) is 10.5 Å². The second-order valence-corrected chi connectivity index (χ2v) is 3.45. The lowest BCUT2D eigenvalue weighted by Crippen LogP contribution is -1.97. The Bertz CT molecular complexity index is 228. The Morgan fingerprint density at radius 2 is 2.18 bits per heavy atom. The van der Waals surface area contributed by atoms with Crippen LogP contribution in [0.1, 0.15) is 5.56 Å². The molecule has 0 amide bonds. The third kappa shape index (κ3) is 2.34. The van der Waals surface area contributed by atoms with E-state index >= 15 is 0 Å². The van der Waals surface area contributed by atoms with Gasteiger partial charge in [-0.1, -0.05) is 0 Å². The van der Waals surface area contributed by atoms with Gasteiger partial charge in [-0.25, -0.2) is 0 Å². The molecule has 60 valence electrons. The topological polar surface area (TPSA) is 35.2 Å². The highest BCUT2D eigenvalue weighted by Gasteiger charge is 1.96. The fourth-order valence-corrected chi connectivity index (χ4v) is 1.56. The average molecular weight is 263 g/mol. The zero-order chi connectivity index (χ0) is 8.27. The largest absolute Gasteiger partial charge is 0.497 e. The number of methoxy groups -OCH3 is 1. The fraction of sp³-hybridized carbons (Fsp3) is 0.250. The zero-order valence-electron chi connectivity index (χ0n) is 6.30. The minimum absolute atomic E-state index is 0.563. The molecule has 1 aromatic rings. The van der Waals surface area contributed by atoms with Crippen LogP contribution < -0.4 is 10.5 Å². The standard InChI is InChI=1S/C8H10INO/c1-11-8-3-6(5-10)2-7(9)4-8/h2-4H,5,10H2,1H3. The lowest BCUT2D eigenvalue weighted by Gasteiger charge is -2.03. The van der Waals surface area contributed by atoms with Crippen molar-refractivity contribution in [1.29, 1.82) is 0 Å². The monoisotopic (exact) mass is 263 g/mol. The van der Waals surface area contributed by atoms with Crippen molar-refractivity contribution in [3.63, 3.8) is 0 Å². The van der Waals surface area contributed by atoms with E-state index < -0.39 is 0 Å². The maximum Gasteiger partial charge on any atom is 0.120 e. The van der Waals surface area contributed by atoms with Crippen molar-refractivity contribution in [3.05, 3.63) is 27.3 Å². The molecule has 0 spiro atoms. The molecule has 0 aliphatic heterocycles. The minimum Gasteiger partial charge on any atom is -0.497 e. The molecule has 0 heterocycles. The zero-order valence-corrected chi connectivity index (χ0v) is 8.46. The first-order valence-corrected chi connectivity index (χ1v) is 4.37. The molecule has 0 bridgehead atoms. The van der Waals surface area contributed by atoms with E-state index in [-0.39, 0.29) is 0 Å². The van der Waals surface area contributed by atoms with E-state index in [1.807, 2.05) is 18.2 Å². The summed E-state index contributed by atoms with van der Waals surface area (Å²) in [6, 6.07) is 5.96. The van der Waals surface area contributed by atoms with Crippen molar-refractivity contribution < 1.29 is 4.74 Å². The van der Waals surface area contributed by atoms with Gasteiger partial charge in [-0.2, -0.15) is 0 Å². The molecular formula is C8H10INO. The van der Waals surface area contributed by atoms with Crippen LogP contribution in [0.15, 0.2) is 18.2 Å². The van der Waals surface area contributed by atoms with E-state index in [1.165, 1.54) is 0 Å². The van der Waals surface area contributed by atoms with E-state index in [1.54, 1.807) is 7.11 Å². The second kappa shape index (κ2) is 3.92. The summed E-state index contributed by atoms with van der Waals surface area (Å²) >= 11 is 2.24. The van der Waals surface area contributed by atoms with Crippen LogP contribution in [0.3, 0.4) is 0 Å². The van der Waals surface area contributed by atoms with Gasteiger partial charge in [0.05, 0.1) is 7.11 Å². The molecule has 11 heavy (non-hydrogen) atoms. The third-order valence-electron chi connectivity index (χ3n) is 1.40. The van der Waals surface area contributed by atoms with Crippen molar-refractivity contribution in [2.24, 2.45) is 5.73 Å². The van der Waals surface area contributed by atoms with E-state index in [2.05, 4.69) is 22.6 Å². The van der Waals surface area contributed by atoms with Crippen LogP contribution in [0.25, 0.3) is 0 Å². The first-order valence-electron chi connectivity index (χ1n) is 3.30. The smallest absolute Gasteiger partial charge is 0.120 e. The summed E-state index contributed by atoms with van der Waals surface area (Å²) in [6.07, 6.45) is 0. The van der Waals surface area contributed by atoms with Gasteiger partial charge in [0.2, 0.25) is 0 Å². The molecule has 0 atom stereocenters. The van der Waals surface area contributed by atoms with E-state index in [0.29, 0.717) is 6.54 Å². The van der Waals surface area contributed by atoms with Gasteiger partial charge in [0.25, 0.3) is 0 Å². The number of nitrogens with two attached hydrogens (primary N) is 1. The quantitative estimate of drug-likeness (QED) is 0.825. The van der Waals surface area contributed by atoms with Crippen LogP contribution in [0.4, 0.5) is 0 Å². The normalized spacial score (nSPS) is 9.73. The first-order chi connectivity index (χ1) is 5.26. The highest BCUT2D eigenvalue weighted by Crippen LogP contribution is 2.17. The Labute approximate surface area is 79.9 Å². The second-order valence-electron chi connectivity index (χ2n) is 2.20. The number of hydrogen-bond acceptors (Lipinski definition) is 2. The Morgan fingerprint density at radius 3 is 2.73 bits per heavy atom. The van der Waals surface area contributed by atoms with Crippen LogP contribution in [-0.2, 0) is 6.54 Å². The lowest BCUT2D eigenvalue weighted by molar-refractivity contribution is 0.414. The Kier molecular flexibility index (Phi) is 3.14. The van der Waals surface area contributed by atoms with Gasteiger partial charge in [-0.3, -0.25) is 0 Å². The molecular weight excluding hydrogens is 253 g/mol. The lowest BCUT2D eigenvalue weighted by atomic mass is 10.2. The molecule has 3 heteroatoms. The Balaban J connectivity index is 3.02. The summed E-state index contributed by atoms with van der Waals surface area (Å²) in [5.74, 6) is 0.873. The van der Waals surface area contributed by atoms with Gasteiger partial charge in [0, 0.05) is 10.1 Å². The van der Waals surface area contributed by atoms with E-state index in [9.17, 15) is 0 Å². The molecule has 0 unspecified atom stereocenters. The summed E-state index contributed by atoms with van der Waals surface area (Å²) in [7, 11) is 1.66. The number of hydrogen-bond donors (Lipinski definition) is 1. The molecule has 0 aliphatic carbocycles. The Hall–Kier alpha value is -0.290. The summed E-state index contributed by atoms with van der Waals surface area (Å²) in [6.45, 7) is 0.563. The van der Waals surface area contributed by atoms with Crippen LogP contribution in [-0.4, -0.2) is 7.11 Å². The Morgan fingerprint density at radius 1 is 1.45 bits per heavy atom. The molecule has 1 rings (SSSR count). The summed E-state index contributed by atoms with van der Waals surface area (Å²) < 4.78 is 6.23.